The Morgan fingerprint density at radius 2 is 1.75 bits per heavy atom. The summed E-state index contributed by atoms with van der Waals surface area (Å²) in [6, 6.07) is 0. The van der Waals surface area contributed by atoms with Crippen LogP contribution in [0.4, 0.5) is 0 Å². The number of allylic oxidation sites excluding steroid dienone is 1. The number of hydrogen-bond acceptors (Lipinski definition) is 3. The van der Waals surface area contributed by atoms with Crippen LogP contribution in [-0.2, 0) is 14.3 Å². The maximum Gasteiger partial charge on any atom is 0.303 e. The van der Waals surface area contributed by atoms with Crippen LogP contribution < -0.4 is 0 Å². The summed E-state index contributed by atoms with van der Waals surface area (Å²) < 4.78 is 4.68. The molecule has 0 rings (SSSR count). The van der Waals surface area contributed by atoms with Crippen LogP contribution in [0.2, 0.25) is 0 Å². The maximum atomic E-state index is 11.1. The number of carbonyl (C=O) groups excluding carboxylic acids is 2. The molecule has 12 heavy (non-hydrogen) atoms. The fourth-order valence-corrected chi connectivity index (χ4v) is 0.709. The van der Waals surface area contributed by atoms with Gasteiger partial charge in [-0.25, -0.2) is 0 Å². The quantitative estimate of drug-likeness (QED) is 0.476. The summed E-state index contributed by atoms with van der Waals surface area (Å²) in [5.74, 6) is -0.608. The smallest absolute Gasteiger partial charge is 0.303 e. The molecule has 0 aromatic heterocycles. The van der Waals surface area contributed by atoms with E-state index in [1.54, 1.807) is 6.92 Å². The van der Waals surface area contributed by atoms with Gasteiger partial charge >= 0.3 is 5.97 Å². The molecule has 0 aliphatic rings. The van der Waals surface area contributed by atoms with E-state index in [1.807, 2.05) is 13.8 Å². The van der Waals surface area contributed by atoms with E-state index >= 15 is 0 Å². The van der Waals surface area contributed by atoms with Crippen LogP contribution in [0.25, 0.3) is 0 Å². The molecule has 0 N–H and O–H groups in total. The van der Waals surface area contributed by atoms with Gasteiger partial charge in [-0.1, -0.05) is 5.57 Å². The van der Waals surface area contributed by atoms with E-state index in [0.717, 1.165) is 5.57 Å². The zero-order valence-corrected chi connectivity index (χ0v) is 7.88. The van der Waals surface area contributed by atoms with Crippen molar-refractivity contribution in [2.75, 3.05) is 0 Å². The first-order valence-electron chi connectivity index (χ1n) is 3.79. The number of esters is 1. The maximum absolute atomic E-state index is 11.1. The van der Waals surface area contributed by atoms with Crippen molar-refractivity contribution in [3.05, 3.63) is 11.6 Å². The van der Waals surface area contributed by atoms with Gasteiger partial charge in [0.1, 0.15) is 0 Å². The highest BCUT2D eigenvalue weighted by Crippen LogP contribution is 1.98. The highest BCUT2D eigenvalue weighted by molar-refractivity contribution is 5.94. The largest absolute Gasteiger partial charge is 0.454 e. The van der Waals surface area contributed by atoms with Gasteiger partial charge in [0.25, 0.3) is 0 Å². The van der Waals surface area contributed by atoms with Crippen molar-refractivity contribution >= 4 is 11.8 Å². The van der Waals surface area contributed by atoms with Crippen LogP contribution in [0, 0.1) is 0 Å². The molecule has 0 aliphatic carbocycles. The number of ether oxygens (including phenoxy) is 1. The van der Waals surface area contributed by atoms with Crippen LogP contribution in [0.5, 0.6) is 0 Å². The van der Waals surface area contributed by atoms with Crippen LogP contribution in [0.1, 0.15) is 27.7 Å². The number of carbonyl (C=O) groups is 2. The first kappa shape index (κ1) is 10.9. The third-order valence-electron chi connectivity index (χ3n) is 1.17. The molecule has 0 radical (unpaired) electrons. The number of hydrogen-bond donors (Lipinski definition) is 0. The molecule has 3 heteroatoms. The van der Waals surface area contributed by atoms with E-state index in [0.29, 0.717) is 0 Å². The molecule has 0 aliphatic heterocycles. The normalized spacial score (nSPS) is 11.7. The average Bonchev–Trinajstić information content (AvgIpc) is 1.84. The van der Waals surface area contributed by atoms with Crippen molar-refractivity contribution in [1.82, 2.24) is 0 Å². The third-order valence-corrected chi connectivity index (χ3v) is 1.17. The predicted molar refractivity (Wildman–Crippen MR) is 45.7 cm³/mol. The van der Waals surface area contributed by atoms with Gasteiger partial charge in [0, 0.05) is 6.92 Å². The second-order valence-electron chi connectivity index (χ2n) is 2.88. The lowest BCUT2D eigenvalue weighted by atomic mass is 10.2. The predicted octanol–water partition coefficient (Wildman–Crippen LogP) is 1.47. The molecule has 68 valence electrons. The lowest BCUT2D eigenvalue weighted by molar-refractivity contribution is -0.150. The average molecular weight is 170 g/mol. The molecule has 0 saturated heterocycles. The van der Waals surface area contributed by atoms with E-state index < -0.39 is 12.1 Å². The summed E-state index contributed by atoms with van der Waals surface area (Å²) in [4.78, 5) is 21.6. The Labute approximate surface area is 72.4 Å². The van der Waals surface area contributed by atoms with E-state index in [2.05, 4.69) is 4.74 Å². The molecule has 0 aromatic carbocycles. The van der Waals surface area contributed by atoms with Gasteiger partial charge in [-0.2, -0.15) is 0 Å². The Balaban J connectivity index is 4.11. The first-order valence-corrected chi connectivity index (χ1v) is 3.79. The Morgan fingerprint density at radius 3 is 2.08 bits per heavy atom. The van der Waals surface area contributed by atoms with Gasteiger partial charge in [0.05, 0.1) is 0 Å². The minimum absolute atomic E-state index is 0.176. The van der Waals surface area contributed by atoms with Crippen LogP contribution in [0.15, 0.2) is 11.6 Å². The molecule has 0 amide bonds. The molecular weight excluding hydrogens is 156 g/mol. The van der Waals surface area contributed by atoms with Gasteiger partial charge < -0.3 is 4.74 Å². The van der Waals surface area contributed by atoms with Crippen LogP contribution in [0.3, 0.4) is 0 Å². The zero-order valence-electron chi connectivity index (χ0n) is 7.88. The second kappa shape index (κ2) is 4.70. The van der Waals surface area contributed by atoms with E-state index in [1.165, 1.54) is 13.0 Å². The lowest BCUT2D eigenvalue weighted by Gasteiger charge is -2.07. The fraction of sp³-hybridized carbons (Fsp3) is 0.556. The van der Waals surface area contributed by atoms with Gasteiger partial charge in [-0.05, 0) is 26.8 Å². The molecular formula is C9H14O3. The van der Waals surface area contributed by atoms with Crippen molar-refractivity contribution in [3.8, 4) is 0 Å². The summed E-state index contributed by atoms with van der Waals surface area (Å²) in [7, 11) is 0. The Morgan fingerprint density at radius 1 is 1.25 bits per heavy atom. The van der Waals surface area contributed by atoms with Crippen molar-refractivity contribution in [2.24, 2.45) is 0 Å². The SMILES string of the molecule is CC(=O)O[C@@H](C)C(=O)C=C(C)C. The highest BCUT2D eigenvalue weighted by atomic mass is 16.5. The molecule has 0 heterocycles. The lowest BCUT2D eigenvalue weighted by Crippen LogP contribution is -2.21. The van der Waals surface area contributed by atoms with Gasteiger partial charge in [0.2, 0.25) is 0 Å². The summed E-state index contributed by atoms with van der Waals surface area (Å²) in [5.41, 5.74) is 0.902. The van der Waals surface area contributed by atoms with E-state index in [9.17, 15) is 9.59 Å². The van der Waals surface area contributed by atoms with Crippen molar-refractivity contribution < 1.29 is 14.3 Å². The monoisotopic (exact) mass is 170 g/mol. The molecule has 0 fully saturated rings. The zero-order chi connectivity index (χ0) is 9.72. The minimum Gasteiger partial charge on any atom is -0.454 e. The third kappa shape index (κ3) is 4.66. The summed E-state index contributed by atoms with van der Waals surface area (Å²) in [5, 5.41) is 0. The number of ketones is 1. The van der Waals surface area contributed by atoms with E-state index in [-0.39, 0.29) is 5.78 Å². The molecule has 0 bridgehead atoms. The second-order valence-corrected chi connectivity index (χ2v) is 2.88. The Kier molecular flexibility index (Phi) is 4.26. The molecule has 1 atom stereocenters. The summed E-state index contributed by atoms with van der Waals surface area (Å²) in [6.07, 6.45) is 0.797. The van der Waals surface area contributed by atoms with Gasteiger partial charge in [0.15, 0.2) is 11.9 Å². The summed E-state index contributed by atoms with van der Waals surface area (Å²) >= 11 is 0. The minimum atomic E-state index is -0.669. The standard InChI is InChI=1S/C9H14O3/c1-6(2)5-9(11)7(3)12-8(4)10/h5,7H,1-4H3/t7-/m0/s1. The highest BCUT2D eigenvalue weighted by Gasteiger charge is 2.12. The first-order chi connectivity index (χ1) is 5.43. The molecule has 0 spiro atoms. The van der Waals surface area contributed by atoms with Crippen LogP contribution >= 0.6 is 0 Å². The van der Waals surface area contributed by atoms with E-state index in [4.69, 9.17) is 0 Å². The van der Waals surface area contributed by atoms with Gasteiger partial charge in [-0.3, -0.25) is 9.59 Å². The fourth-order valence-electron chi connectivity index (χ4n) is 0.709. The Hall–Kier alpha value is -1.12. The molecule has 0 aromatic rings. The van der Waals surface area contributed by atoms with Crippen LogP contribution in [-0.4, -0.2) is 17.9 Å². The van der Waals surface area contributed by atoms with Crippen molar-refractivity contribution in [3.63, 3.8) is 0 Å². The molecule has 3 nitrogen and oxygen atoms in total. The number of rotatable bonds is 3. The molecule has 0 saturated carbocycles. The van der Waals surface area contributed by atoms with Crippen molar-refractivity contribution in [2.45, 2.75) is 33.8 Å². The molecule has 0 unspecified atom stereocenters. The van der Waals surface area contributed by atoms with Gasteiger partial charge in [-0.15, -0.1) is 0 Å². The Bertz CT molecular complexity index is 212. The topological polar surface area (TPSA) is 43.4 Å². The van der Waals surface area contributed by atoms with Crippen molar-refractivity contribution in [1.29, 1.82) is 0 Å². The summed E-state index contributed by atoms with van der Waals surface area (Å²) in [6.45, 7) is 6.48.